The highest BCUT2D eigenvalue weighted by atomic mass is 32.1. The summed E-state index contributed by atoms with van der Waals surface area (Å²) in [4.78, 5) is 42.6. The van der Waals surface area contributed by atoms with E-state index in [-0.39, 0.29) is 23.2 Å². The first-order valence-electron chi connectivity index (χ1n) is 11.3. The molecular weight excluding hydrogens is 485 g/mol. The molecule has 4 rings (SSSR count). The number of carbonyl (C=O) groups excluding carboxylic acids is 2. The van der Waals surface area contributed by atoms with Crippen molar-refractivity contribution < 1.29 is 32.7 Å². The van der Waals surface area contributed by atoms with E-state index in [0.29, 0.717) is 25.0 Å². The lowest BCUT2D eigenvalue weighted by Crippen LogP contribution is -2.63. The molecule has 2 fully saturated rings. The Kier molecular flexibility index (Phi) is 7.41. The van der Waals surface area contributed by atoms with Crippen LogP contribution in [0.5, 0.6) is 0 Å². The molecule has 1 aromatic heterocycles. The van der Waals surface area contributed by atoms with Crippen LogP contribution in [0, 0.1) is 0 Å². The van der Waals surface area contributed by atoms with Crippen LogP contribution < -0.4 is 10.6 Å². The second kappa shape index (κ2) is 10.3. The molecule has 2 aromatic rings. The summed E-state index contributed by atoms with van der Waals surface area (Å²) in [5.74, 6) is -1.80. The number of nitrogens with zero attached hydrogens (tertiary/aromatic N) is 2. The zero-order valence-corrected chi connectivity index (χ0v) is 19.5. The van der Waals surface area contributed by atoms with Gasteiger partial charge in [0, 0.05) is 35.8 Å². The Labute approximate surface area is 203 Å². The average Bonchev–Trinajstić information content (AvgIpc) is 3.30. The van der Waals surface area contributed by atoms with Crippen LogP contribution in [0.1, 0.15) is 62.2 Å². The molecule has 0 unspecified atom stereocenters. The number of carboxylic acid groups (broad SMARTS) is 1. The zero-order chi connectivity index (χ0) is 25.2. The maximum atomic E-state index is 12.8. The first kappa shape index (κ1) is 25.1. The van der Waals surface area contributed by atoms with Gasteiger partial charge in [0.25, 0.3) is 5.91 Å². The molecular formula is C23H25F3N4O4S. The number of carbonyl (C=O) groups is 3. The molecule has 1 saturated heterocycles. The lowest BCUT2D eigenvalue weighted by atomic mass is 9.83. The quantitative estimate of drug-likeness (QED) is 0.528. The van der Waals surface area contributed by atoms with Crippen LogP contribution in [0.25, 0.3) is 0 Å². The van der Waals surface area contributed by atoms with Crippen LogP contribution in [0.3, 0.4) is 0 Å². The normalized spacial score (nSPS) is 21.2. The fraction of sp³-hybridized carbons (Fsp3) is 0.478. The lowest BCUT2D eigenvalue weighted by molar-refractivity contribution is -0.137. The van der Waals surface area contributed by atoms with Gasteiger partial charge in [0.05, 0.1) is 18.2 Å². The van der Waals surface area contributed by atoms with E-state index < -0.39 is 29.5 Å². The summed E-state index contributed by atoms with van der Waals surface area (Å²) < 4.78 is 38.4. The number of alkyl halides is 3. The Morgan fingerprint density at radius 1 is 1.14 bits per heavy atom. The van der Waals surface area contributed by atoms with Gasteiger partial charge in [-0.2, -0.15) is 13.2 Å². The van der Waals surface area contributed by atoms with Crippen molar-refractivity contribution in [3.05, 3.63) is 51.5 Å². The number of thiazole rings is 1. The van der Waals surface area contributed by atoms with Gasteiger partial charge in [0.15, 0.2) is 0 Å². The van der Waals surface area contributed by atoms with Gasteiger partial charge in [0.1, 0.15) is 0 Å². The largest absolute Gasteiger partial charge is 0.476 e. The molecule has 1 aromatic carbocycles. The number of rotatable bonds is 7. The Morgan fingerprint density at radius 2 is 1.86 bits per heavy atom. The van der Waals surface area contributed by atoms with Gasteiger partial charge < -0.3 is 15.7 Å². The SMILES string of the molecule is O=C(CNC(=O)c1cccc(C(F)(F)F)c1)NC1CN([C@H]2CC[C@@H](c3cnc(C(=O)O)s3)CC2)C1. The van der Waals surface area contributed by atoms with E-state index in [9.17, 15) is 27.6 Å². The minimum absolute atomic E-state index is 0.0368. The zero-order valence-electron chi connectivity index (χ0n) is 18.7. The molecule has 3 N–H and O–H groups in total. The first-order chi connectivity index (χ1) is 16.6. The van der Waals surface area contributed by atoms with E-state index >= 15 is 0 Å². The maximum absolute atomic E-state index is 12.8. The molecule has 0 atom stereocenters. The minimum atomic E-state index is -4.55. The van der Waals surface area contributed by atoms with Gasteiger partial charge in [0.2, 0.25) is 10.9 Å². The second-order valence-corrected chi connectivity index (χ2v) is 9.92. The monoisotopic (exact) mass is 510 g/mol. The third-order valence-electron chi connectivity index (χ3n) is 6.46. The predicted octanol–water partition coefficient (Wildman–Crippen LogP) is 3.12. The number of aromatic nitrogens is 1. The molecule has 0 spiro atoms. The fourth-order valence-electron chi connectivity index (χ4n) is 4.58. The van der Waals surface area contributed by atoms with Crippen molar-refractivity contribution in [1.82, 2.24) is 20.5 Å². The van der Waals surface area contributed by atoms with Gasteiger partial charge in [-0.05, 0) is 49.8 Å². The number of nitrogens with one attached hydrogen (secondary N) is 2. The summed E-state index contributed by atoms with van der Waals surface area (Å²) in [6.45, 7) is 1.09. The molecule has 0 radical (unpaired) electrons. The summed E-state index contributed by atoms with van der Waals surface area (Å²) in [6.07, 6.45) is 1.01. The molecule has 1 aliphatic heterocycles. The summed E-state index contributed by atoms with van der Waals surface area (Å²) in [5, 5.41) is 14.4. The first-order valence-corrected chi connectivity index (χ1v) is 12.1. The molecule has 12 heteroatoms. The fourth-order valence-corrected chi connectivity index (χ4v) is 5.50. The van der Waals surface area contributed by atoms with Crippen LogP contribution in [0.4, 0.5) is 13.2 Å². The summed E-state index contributed by atoms with van der Waals surface area (Å²) >= 11 is 1.24. The van der Waals surface area contributed by atoms with Crippen molar-refractivity contribution in [2.45, 2.75) is 49.9 Å². The summed E-state index contributed by atoms with van der Waals surface area (Å²) in [5.41, 5.74) is -1.08. The van der Waals surface area contributed by atoms with Crippen molar-refractivity contribution in [2.24, 2.45) is 0 Å². The van der Waals surface area contributed by atoms with Gasteiger partial charge in [-0.1, -0.05) is 6.07 Å². The Hall–Kier alpha value is -2.99. The molecule has 35 heavy (non-hydrogen) atoms. The lowest BCUT2D eigenvalue weighted by Gasteiger charge is -2.46. The molecule has 2 amide bonds. The van der Waals surface area contributed by atoms with E-state index in [1.165, 1.54) is 17.4 Å². The molecule has 2 aliphatic rings. The van der Waals surface area contributed by atoms with E-state index in [2.05, 4.69) is 20.5 Å². The second-order valence-electron chi connectivity index (χ2n) is 8.86. The smallest absolute Gasteiger partial charge is 0.416 e. The summed E-state index contributed by atoms with van der Waals surface area (Å²) in [7, 11) is 0. The number of halogens is 3. The van der Waals surface area contributed by atoms with Crippen LogP contribution in [-0.2, 0) is 11.0 Å². The number of amides is 2. The molecule has 0 bridgehead atoms. The highest BCUT2D eigenvalue weighted by molar-refractivity contribution is 7.13. The molecule has 1 aliphatic carbocycles. The van der Waals surface area contributed by atoms with Crippen LogP contribution in [0.2, 0.25) is 0 Å². The van der Waals surface area contributed by atoms with E-state index in [1.807, 2.05) is 0 Å². The van der Waals surface area contributed by atoms with Crippen molar-refractivity contribution in [1.29, 1.82) is 0 Å². The Bertz CT molecular complexity index is 1090. The molecule has 1 saturated carbocycles. The van der Waals surface area contributed by atoms with Crippen LogP contribution in [0.15, 0.2) is 30.5 Å². The molecule has 188 valence electrons. The third kappa shape index (κ3) is 6.17. The Morgan fingerprint density at radius 3 is 2.49 bits per heavy atom. The third-order valence-corrected chi connectivity index (χ3v) is 7.61. The van der Waals surface area contributed by atoms with Gasteiger partial charge in [-0.3, -0.25) is 14.5 Å². The Balaban J connectivity index is 1.16. The van der Waals surface area contributed by atoms with Gasteiger partial charge >= 0.3 is 12.1 Å². The van der Waals surface area contributed by atoms with Gasteiger partial charge in [-0.15, -0.1) is 11.3 Å². The van der Waals surface area contributed by atoms with Crippen molar-refractivity contribution >= 4 is 29.1 Å². The standard InChI is InChI=1S/C23H25F3N4O4S/c24-23(25,26)15-3-1-2-14(8-15)20(32)27-10-19(31)29-16-11-30(12-16)17-6-4-13(5-7-17)18-9-28-21(35-18)22(33)34/h1-3,8-9,13,16-17H,4-7,10-12H2,(H,27,32)(H,29,31)(H,33,34)/t13-,17+. The average molecular weight is 511 g/mol. The number of likely N-dealkylation sites (tertiary alicyclic amines) is 1. The number of hydrogen-bond acceptors (Lipinski definition) is 6. The van der Waals surface area contributed by atoms with E-state index in [4.69, 9.17) is 5.11 Å². The number of aromatic carboxylic acids is 1. The minimum Gasteiger partial charge on any atom is -0.476 e. The van der Waals surface area contributed by atoms with Crippen molar-refractivity contribution in [2.75, 3.05) is 19.6 Å². The predicted molar refractivity (Wildman–Crippen MR) is 121 cm³/mol. The van der Waals surface area contributed by atoms with E-state index in [1.54, 1.807) is 6.20 Å². The van der Waals surface area contributed by atoms with E-state index in [0.717, 1.165) is 48.8 Å². The maximum Gasteiger partial charge on any atom is 0.416 e. The number of carboxylic acids is 1. The van der Waals surface area contributed by atoms with Crippen LogP contribution in [-0.4, -0.2) is 64.5 Å². The van der Waals surface area contributed by atoms with Crippen molar-refractivity contribution in [3.63, 3.8) is 0 Å². The molecule has 2 heterocycles. The number of benzene rings is 1. The highest BCUT2D eigenvalue weighted by Gasteiger charge is 2.36. The summed E-state index contributed by atoms with van der Waals surface area (Å²) in [6, 6.07) is 4.43. The highest BCUT2D eigenvalue weighted by Crippen LogP contribution is 2.38. The number of hydrogen-bond donors (Lipinski definition) is 3. The topological polar surface area (TPSA) is 112 Å². The van der Waals surface area contributed by atoms with Crippen molar-refractivity contribution in [3.8, 4) is 0 Å². The van der Waals surface area contributed by atoms with Crippen LogP contribution >= 0.6 is 11.3 Å². The molecule has 8 nitrogen and oxygen atoms in total. The van der Waals surface area contributed by atoms with Gasteiger partial charge in [-0.25, -0.2) is 9.78 Å².